The molecule has 1 aromatic carbocycles. The lowest BCUT2D eigenvalue weighted by molar-refractivity contribution is -0.128. The van der Waals surface area contributed by atoms with Crippen LogP contribution in [0.1, 0.15) is 42.6 Å². The summed E-state index contributed by atoms with van der Waals surface area (Å²) in [5.41, 5.74) is 7.36. The van der Waals surface area contributed by atoms with Gasteiger partial charge in [-0.15, -0.1) is 0 Å². The van der Waals surface area contributed by atoms with E-state index >= 15 is 0 Å². The van der Waals surface area contributed by atoms with E-state index in [9.17, 15) is 9.59 Å². The second kappa shape index (κ2) is 7.13. The zero-order valence-corrected chi connectivity index (χ0v) is 14.3. The third kappa shape index (κ3) is 4.55. The quantitative estimate of drug-likeness (QED) is 0.871. The topological polar surface area (TPSA) is 66.6 Å². The van der Waals surface area contributed by atoms with Crippen molar-refractivity contribution >= 4 is 11.8 Å². The SMILES string of the molecule is CN(CC(C)(C)CN)C(=O)c1ccc(CN2CCCC2=O)cc1. The summed E-state index contributed by atoms with van der Waals surface area (Å²) in [5, 5.41) is 0. The first-order valence-electron chi connectivity index (χ1n) is 8.15. The fraction of sp³-hybridized carbons (Fsp3) is 0.556. The Kier molecular flexibility index (Phi) is 5.42. The van der Waals surface area contributed by atoms with Gasteiger partial charge in [-0.1, -0.05) is 26.0 Å². The molecule has 2 amide bonds. The second-order valence-electron chi connectivity index (χ2n) is 7.15. The van der Waals surface area contributed by atoms with Crippen molar-refractivity contribution in [2.75, 3.05) is 26.7 Å². The summed E-state index contributed by atoms with van der Waals surface area (Å²) in [6.07, 6.45) is 1.59. The van der Waals surface area contributed by atoms with Crippen LogP contribution in [0.25, 0.3) is 0 Å². The summed E-state index contributed by atoms with van der Waals surface area (Å²) >= 11 is 0. The Balaban J connectivity index is 1.98. The Bertz CT molecular complexity index is 566. The normalized spacial score (nSPS) is 15.1. The molecule has 0 spiro atoms. The third-order valence-electron chi connectivity index (χ3n) is 4.31. The largest absolute Gasteiger partial charge is 0.341 e. The van der Waals surface area contributed by atoms with E-state index in [2.05, 4.69) is 0 Å². The minimum absolute atomic E-state index is 0.00433. The highest BCUT2D eigenvalue weighted by Gasteiger charge is 2.22. The maximum atomic E-state index is 12.5. The summed E-state index contributed by atoms with van der Waals surface area (Å²) in [4.78, 5) is 27.7. The Hall–Kier alpha value is -1.88. The van der Waals surface area contributed by atoms with Crippen molar-refractivity contribution in [2.24, 2.45) is 11.1 Å². The van der Waals surface area contributed by atoms with Gasteiger partial charge in [0.1, 0.15) is 0 Å². The first-order valence-corrected chi connectivity index (χ1v) is 8.15. The molecule has 0 bridgehead atoms. The van der Waals surface area contributed by atoms with Crippen molar-refractivity contribution in [3.63, 3.8) is 0 Å². The van der Waals surface area contributed by atoms with Crippen LogP contribution >= 0.6 is 0 Å². The number of carbonyl (C=O) groups is 2. The number of nitrogens with two attached hydrogens (primary N) is 1. The van der Waals surface area contributed by atoms with Crippen LogP contribution in [0, 0.1) is 5.41 Å². The maximum Gasteiger partial charge on any atom is 0.253 e. The lowest BCUT2D eigenvalue weighted by Crippen LogP contribution is -2.39. The molecule has 23 heavy (non-hydrogen) atoms. The zero-order valence-electron chi connectivity index (χ0n) is 14.3. The number of hydrogen-bond acceptors (Lipinski definition) is 3. The average Bonchev–Trinajstić information content (AvgIpc) is 2.92. The number of carbonyl (C=O) groups excluding carboxylic acids is 2. The highest BCUT2D eigenvalue weighted by molar-refractivity contribution is 5.94. The van der Waals surface area contributed by atoms with Crippen molar-refractivity contribution in [3.8, 4) is 0 Å². The number of benzene rings is 1. The van der Waals surface area contributed by atoms with Crippen molar-refractivity contribution in [1.29, 1.82) is 0 Å². The molecule has 5 heteroatoms. The van der Waals surface area contributed by atoms with Crippen LogP contribution in [0.15, 0.2) is 24.3 Å². The summed E-state index contributed by atoms with van der Waals surface area (Å²) in [6, 6.07) is 7.54. The van der Waals surface area contributed by atoms with E-state index in [1.165, 1.54) is 0 Å². The summed E-state index contributed by atoms with van der Waals surface area (Å²) < 4.78 is 0. The smallest absolute Gasteiger partial charge is 0.253 e. The van der Waals surface area contributed by atoms with E-state index in [1.54, 1.807) is 11.9 Å². The van der Waals surface area contributed by atoms with Crippen LogP contribution in [0.5, 0.6) is 0 Å². The van der Waals surface area contributed by atoms with Gasteiger partial charge in [-0.25, -0.2) is 0 Å². The Labute approximate surface area is 138 Å². The minimum atomic E-state index is -0.0968. The molecule has 0 atom stereocenters. The van der Waals surface area contributed by atoms with E-state index < -0.39 is 0 Å². The maximum absolute atomic E-state index is 12.5. The van der Waals surface area contributed by atoms with E-state index in [-0.39, 0.29) is 17.2 Å². The fourth-order valence-corrected chi connectivity index (χ4v) is 2.84. The molecule has 0 saturated carbocycles. The molecule has 1 saturated heterocycles. The van der Waals surface area contributed by atoms with Crippen molar-refractivity contribution in [3.05, 3.63) is 35.4 Å². The molecule has 0 radical (unpaired) electrons. The molecule has 126 valence electrons. The van der Waals surface area contributed by atoms with Gasteiger partial charge in [-0.3, -0.25) is 9.59 Å². The Morgan fingerprint density at radius 2 is 1.96 bits per heavy atom. The molecule has 0 unspecified atom stereocenters. The van der Waals surface area contributed by atoms with Gasteiger partial charge in [-0.2, -0.15) is 0 Å². The predicted octanol–water partition coefficient (Wildman–Crippen LogP) is 1.87. The molecule has 0 aliphatic carbocycles. The van der Waals surface area contributed by atoms with E-state index in [0.29, 0.717) is 31.6 Å². The lowest BCUT2D eigenvalue weighted by atomic mass is 9.93. The number of likely N-dealkylation sites (tertiary alicyclic amines) is 1. The molecule has 1 aliphatic rings. The lowest BCUT2D eigenvalue weighted by Gasteiger charge is -2.29. The van der Waals surface area contributed by atoms with Crippen LogP contribution in [-0.2, 0) is 11.3 Å². The Morgan fingerprint density at radius 1 is 1.30 bits per heavy atom. The monoisotopic (exact) mass is 317 g/mol. The molecule has 1 heterocycles. The third-order valence-corrected chi connectivity index (χ3v) is 4.31. The average molecular weight is 317 g/mol. The van der Waals surface area contributed by atoms with E-state index in [4.69, 9.17) is 5.73 Å². The van der Waals surface area contributed by atoms with Crippen LogP contribution in [-0.4, -0.2) is 48.3 Å². The fourth-order valence-electron chi connectivity index (χ4n) is 2.84. The van der Waals surface area contributed by atoms with Gasteiger partial charge in [-0.05, 0) is 36.1 Å². The summed E-state index contributed by atoms with van der Waals surface area (Å²) in [7, 11) is 1.80. The number of hydrogen-bond donors (Lipinski definition) is 1. The van der Waals surface area contributed by atoms with Gasteiger partial charge >= 0.3 is 0 Å². The first kappa shape index (κ1) is 17.5. The van der Waals surface area contributed by atoms with Gasteiger partial charge < -0.3 is 15.5 Å². The summed E-state index contributed by atoms with van der Waals surface area (Å²) in [5.74, 6) is 0.212. The van der Waals surface area contributed by atoms with Crippen molar-refractivity contribution < 1.29 is 9.59 Å². The number of nitrogens with zero attached hydrogens (tertiary/aromatic N) is 2. The van der Waals surface area contributed by atoms with Gasteiger partial charge in [0.15, 0.2) is 0 Å². The molecule has 1 aliphatic heterocycles. The van der Waals surface area contributed by atoms with Crippen molar-refractivity contribution in [2.45, 2.75) is 33.2 Å². The molecule has 2 rings (SSSR count). The number of amides is 2. The van der Waals surface area contributed by atoms with Crippen LogP contribution in [0.2, 0.25) is 0 Å². The first-order chi connectivity index (χ1) is 10.8. The van der Waals surface area contributed by atoms with Crippen molar-refractivity contribution in [1.82, 2.24) is 9.80 Å². The molecule has 5 nitrogen and oxygen atoms in total. The minimum Gasteiger partial charge on any atom is -0.341 e. The van der Waals surface area contributed by atoms with Crippen LogP contribution in [0.4, 0.5) is 0 Å². The highest BCUT2D eigenvalue weighted by Crippen LogP contribution is 2.17. The Morgan fingerprint density at radius 3 is 2.48 bits per heavy atom. The standard InChI is InChI=1S/C18H27N3O2/c1-18(2,12-19)13-20(3)17(23)15-8-6-14(7-9-15)11-21-10-4-5-16(21)22/h6-9H,4-5,10-13,19H2,1-3H3. The number of rotatable bonds is 6. The molecule has 2 N–H and O–H groups in total. The second-order valence-corrected chi connectivity index (χ2v) is 7.15. The molecular weight excluding hydrogens is 290 g/mol. The summed E-state index contributed by atoms with van der Waals surface area (Å²) in [6.45, 7) is 6.71. The molecule has 1 fully saturated rings. The van der Waals surface area contributed by atoms with Crippen LogP contribution in [0.3, 0.4) is 0 Å². The van der Waals surface area contributed by atoms with E-state index in [0.717, 1.165) is 18.5 Å². The molecule has 0 aromatic heterocycles. The van der Waals surface area contributed by atoms with Gasteiger partial charge in [0, 0.05) is 38.7 Å². The van der Waals surface area contributed by atoms with E-state index in [1.807, 2.05) is 43.0 Å². The highest BCUT2D eigenvalue weighted by atomic mass is 16.2. The molecule has 1 aromatic rings. The predicted molar refractivity (Wildman–Crippen MR) is 90.9 cm³/mol. The molecular formula is C18H27N3O2. The van der Waals surface area contributed by atoms with Gasteiger partial charge in [0.2, 0.25) is 5.91 Å². The van der Waals surface area contributed by atoms with Crippen LogP contribution < -0.4 is 5.73 Å². The zero-order chi connectivity index (χ0) is 17.0. The van der Waals surface area contributed by atoms with Gasteiger partial charge in [0.05, 0.1) is 0 Å². The van der Waals surface area contributed by atoms with Gasteiger partial charge in [0.25, 0.3) is 5.91 Å².